The standard InChI is InChI=1S/C8H13N2O/c1-10(2)7-4-3-5-8(6-7)11-9/h3-6H,1-2,9H3/q+1. The van der Waals surface area contributed by atoms with Crippen LogP contribution in [0, 0.1) is 0 Å². The van der Waals surface area contributed by atoms with Crippen LogP contribution in [-0.4, -0.2) is 14.1 Å². The predicted molar refractivity (Wildman–Crippen MR) is 44.3 cm³/mol. The molecule has 3 nitrogen and oxygen atoms in total. The van der Waals surface area contributed by atoms with Crippen molar-refractivity contribution < 1.29 is 10.7 Å². The summed E-state index contributed by atoms with van der Waals surface area (Å²) in [7, 11) is 3.98. The molecule has 11 heavy (non-hydrogen) atoms. The first-order valence-electron chi connectivity index (χ1n) is 3.43. The molecule has 0 aliphatic heterocycles. The highest BCUT2D eigenvalue weighted by molar-refractivity contribution is 5.49. The van der Waals surface area contributed by atoms with E-state index in [0.29, 0.717) is 0 Å². The highest BCUT2D eigenvalue weighted by atomic mass is 16.6. The molecule has 0 amide bonds. The molecular weight excluding hydrogens is 140 g/mol. The molecule has 0 heterocycles. The van der Waals surface area contributed by atoms with Crippen molar-refractivity contribution in [2.75, 3.05) is 19.0 Å². The average molecular weight is 153 g/mol. The zero-order valence-corrected chi connectivity index (χ0v) is 6.87. The van der Waals surface area contributed by atoms with Gasteiger partial charge >= 0.3 is 0 Å². The first-order chi connectivity index (χ1) is 5.24. The summed E-state index contributed by atoms with van der Waals surface area (Å²) in [5.41, 5.74) is 1.12. The Hall–Kier alpha value is -1.22. The Kier molecular flexibility index (Phi) is 2.33. The van der Waals surface area contributed by atoms with E-state index < -0.39 is 0 Å². The van der Waals surface area contributed by atoms with E-state index in [1.54, 1.807) is 0 Å². The second-order valence-electron chi connectivity index (χ2n) is 2.54. The third kappa shape index (κ3) is 1.85. The highest BCUT2D eigenvalue weighted by Crippen LogP contribution is 2.17. The second-order valence-corrected chi connectivity index (χ2v) is 2.54. The van der Waals surface area contributed by atoms with Gasteiger partial charge in [0, 0.05) is 25.8 Å². The zero-order chi connectivity index (χ0) is 8.27. The lowest BCUT2D eigenvalue weighted by Crippen LogP contribution is -2.53. The summed E-state index contributed by atoms with van der Waals surface area (Å²) in [6, 6.07) is 7.77. The lowest BCUT2D eigenvalue weighted by molar-refractivity contribution is -0.635. The van der Waals surface area contributed by atoms with Gasteiger partial charge in [-0.2, -0.15) is 5.90 Å². The summed E-state index contributed by atoms with van der Waals surface area (Å²) in [5.74, 6) is 4.13. The van der Waals surface area contributed by atoms with Crippen LogP contribution in [0.15, 0.2) is 24.3 Å². The van der Waals surface area contributed by atoms with Crippen molar-refractivity contribution in [1.82, 2.24) is 0 Å². The van der Waals surface area contributed by atoms with Gasteiger partial charge in [-0.15, -0.1) is 0 Å². The molecule has 0 radical (unpaired) electrons. The predicted octanol–water partition coefficient (Wildman–Crippen LogP) is 0.288. The molecule has 60 valence electrons. The number of hydrogen-bond donors (Lipinski definition) is 1. The minimum atomic E-state index is 0.788. The molecule has 3 N–H and O–H groups in total. The molecule has 0 spiro atoms. The van der Waals surface area contributed by atoms with Gasteiger partial charge in [0.2, 0.25) is 0 Å². The van der Waals surface area contributed by atoms with E-state index in [1.807, 2.05) is 43.3 Å². The number of anilines is 1. The number of rotatable bonds is 2. The number of quaternary nitrogens is 1. The molecule has 0 atom stereocenters. The van der Waals surface area contributed by atoms with Gasteiger partial charge in [0.25, 0.3) is 0 Å². The van der Waals surface area contributed by atoms with Gasteiger partial charge in [-0.1, -0.05) is 6.07 Å². The molecule has 0 saturated heterocycles. The lowest BCUT2D eigenvalue weighted by Gasteiger charge is -2.11. The van der Waals surface area contributed by atoms with Gasteiger partial charge in [0.05, 0.1) is 0 Å². The van der Waals surface area contributed by atoms with Crippen LogP contribution in [-0.2, 0) is 0 Å². The maximum atomic E-state index is 4.83. The highest BCUT2D eigenvalue weighted by Gasteiger charge is 1.97. The van der Waals surface area contributed by atoms with E-state index >= 15 is 0 Å². The summed E-state index contributed by atoms with van der Waals surface area (Å²) >= 11 is 0. The Morgan fingerprint density at radius 2 is 2.09 bits per heavy atom. The Morgan fingerprint density at radius 1 is 1.36 bits per heavy atom. The number of nitrogens with zero attached hydrogens (tertiary/aromatic N) is 1. The van der Waals surface area contributed by atoms with E-state index in [-0.39, 0.29) is 0 Å². The Morgan fingerprint density at radius 3 is 2.64 bits per heavy atom. The SMILES string of the molecule is CN(C)c1cccc(O[NH3+])c1. The molecule has 0 bridgehead atoms. The summed E-state index contributed by atoms with van der Waals surface area (Å²) in [6.45, 7) is 0. The first kappa shape index (κ1) is 7.88. The lowest BCUT2D eigenvalue weighted by atomic mass is 10.3. The quantitative estimate of drug-likeness (QED) is 0.620. The minimum Gasteiger partial charge on any atom is -0.378 e. The normalized spacial score (nSPS) is 9.36. The van der Waals surface area contributed by atoms with Crippen molar-refractivity contribution in [2.45, 2.75) is 0 Å². The van der Waals surface area contributed by atoms with Gasteiger partial charge in [0.1, 0.15) is 0 Å². The van der Waals surface area contributed by atoms with Crippen LogP contribution in [0.5, 0.6) is 5.75 Å². The maximum Gasteiger partial charge on any atom is 0.191 e. The van der Waals surface area contributed by atoms with Gasteiger partial charge < -0.3 is 9.74 Å². The van der Waals surface area contributed by atoms with Crippen LogP contribution in [0.1, 0.15) is 0 Å². The monoisotopic (exact) mass is 153 g/mol. The Balaban J connectivity index is 2.91. The van der Waals surface area contributed by atoms with Gasteiger partial charge in [0.15, 0.2) is 5.75 Å². The van der Waals surface area contributed by atoms with Crippen molar-refractivity contribution in [2.24, 2.45) is 0 Å². The van der Waals surface area contributed by atoms with Crippen LogP contribution in [0.3, 0.4) is 0 Å². The summed E-state index contributed by atoms with van der Waals surface area (Å²) in [6.07, 6.45) is 0. The molecule has 1 aromatic rings. The van der Waals surface area contributed by atoms with E-state index in [9.17, 15) is 0 Å². The number of benzene rings is 1. The van der Waals surface area contributed by atoms with E-state index in [2.05, 4.69) is 5.90 Å². The third-order valence-corrected chi connectivity index (χ3v) is 1.50. The largest absolute Gasteiger partial charge is 0.378 e. The van der Waals surface area contributed by atoms with Crippen molar-refractivity contribution in [3.8, 4) is 5.75 Å². The van der Waals surface area contributed by atoms with Crippen LogP contribution >= 0.6 is 0 Å². The smallest absolute Gasteiger partial charge is 0.191 e. The molecule has 0 aliphatic carbocycles. The summed E-state index contributed by atoms with van der Waals surface area (Å²) < 4.78 is 0. The van der Waals surface area contributed by atoms with Crippen LogP contribution in [0.25, 0.3) is 0 Å². The summed E-state index contributed by atoms with van der Waals surface area (Å²) in [5, 5.41) is 0. The molecule has 0 aliphatic rings. The number of hydrogen-bond acceptors (Lipinski definition) is 2. The van der Waals surface area contributed by atoms with Crippen molar-refractivity contribution in [3.63, 3.8) is 0 Å². The minimum absolute atomic E-state index is 0.788. The third-order valence-electron chi connectivity index (χ3n) is 1.50. The van der Waals surface area contributed by atoms with Crippen LogP contribution in [0.4, 0.5) is 5.69 Å². The van der Waals surface area contributed by atoms with Gasteiger partial charge in [-0.25, -0.2) is 0 Å². The van der Waals surface area contributed by atoms with E-state index in [4.69, 9.17) is 4.84 Å². The molecule has 1 rings (SSSR count). The van der Waals surface area contributed by atoms with Gasteiger partial charge in [-0.3, -0.25) is 0 Å². The van der Waals surface area contributed by atoms with Crippen LogP contribution < -0.4 is 15.6 Å². The molecular formula is C8H13N2O+. The average Bonchev–Trinajstić information content (AvgIpc) is 2.05. The topological polar surface area (TPSA) is 40.1 Å². The second kappa shape index (κ2) is 3.25. The first-order valence-corrected chi connectivity index (χ1v) is 3.43. The maximum absolute atomic E-state index is 4.83. The Bertz CT molecular complexity index is 235. The van der Waals surface area contributed by atoms with Crippen LogP contribution in [0.2, 0.25) is 0 Å². The molecule has 0 unspecified atom stereocenters. The fourth-order valence-corrected chi connectivity index (χ4v) is 0.851. The van der Waals surface area contributed by atoms with E-state index in [0.717, 1.165) is 11.4 Å². The van der Waals surface area contributed by atoms with Crippen molar-refractivity contribution in [1.29, 1.82) is 0 Å². The fourth-order valence-electron chi connectivity index (χ4n) is 0.851. The van der Waals surface area contributed by atoms with Crippen molar-refractivity contribution >= 4 is 5.69 Å². The Labute approximate surface area is 66.3 Å². The molecule has 1 aromatic carbocycles. The van der Waals surface area contributed by atoms with Crippen molar-refractivity contribution in [3.05, 3.63) is 24.3 Å². The summed E-state index contributed by atoms with van der Waals surface area (Å²) in [4.78, 5) is 6.84. The molecule has 3 heteroatoms. The van der Waals surface area contributed by atoms with Gasteiger partial charge in [-0.05, 0) is 12.1 Å². The van der Waals surface area contributed by atoms with E-state index in [1.165, 1.54) is 0 Å². The zero-order valence-electron chi connectivity index (χ0n) is 6.87. The molecule has 0 saturated carbocycles. The molecule has 0 fully saturated rings. The molecule has 0 aromatic heterocycles. The fraction of sp³-hybridized carbons (Fsp3) is 0.250.